The molecule has 0 radical (unpaired) electrons. The minimum atomic E-state index is -0.627. The van der Waals surface area contributed by atoms with E-state index in [-0.39, 0.29) is 11.8 Å². The molecule has 0 atom stereocenters. The van der Waals surface area contributed by atoms with Crippen LogP contribution in [0.1, 0.15) is 37.5 Å². The van der Waals surface area contributed by atoms with Gasteiger partial charge in [0.2, 0.25) is 0 Å². The molecule has 0 bridgehead atoms. The highest BCUT2D eigenvalue weighted by molar-refractivity contribution is 7.10. The van der Waals surface area contributed by atoms with Crippen LogP contribution in [0.15, 0.2) is 29.7 Å². The largest absolute Gasteiger partial charge is 0.450 e. The minimum absolute atomic E-state index is 0.244. The van der Waals surface area contributed by atoms with E-state index >= 15 is 0 Å². The van der Waals surface area contributed by atoms with Crippen LogP contribution in [0.4, 0.5) is 0 Å². The number of hydrogen-bond acceptors (Lipinski definition) is 4. The van der Waals surface area contributed by atoms with Crippen LogP contribution in [-0.4, -0.2) is 11.8 Å². The Bertz CT molecular complexity index is 463. The molecule has 0 amide bonds. The zero-order valence-corrected chi connectivity index (χ0v) is 11.2. The van der Waals surface area contributed by atoms with Crippen molar-refractivity contribution in [1.82, 2.24) is 0 Å². The van der Waals surface area contributed by atoms with Gasteiger partial charge < -0.3 is 4.74 Å². The molecule has 1 heterocycles. The number of ether oxygens (including phenoxy) is 1. The Morgan fingerprint density at radius 2 is 2.11 bits per heavy atom. The number of hydrogen-bond donors (Lipinski definition) is 0. The lowest BCUT2D eigenvalue weighted by Crippen LogP contribution is -2.36. The summed E-state index contributed by atoms with van der Waals surface area (Å²) in [5.41, 5.74) is -0.235. The fourth-order valence-corrected chi connectivity index (χ4v) is 3.06. The maximum Gasteiger partial charge on any atom is 0.334 e. The van der Waals surface area contributed by atoms with Gasteiger partial charge in [-0.3, -0.25) is 4.79 Å². The second-order valence-electron chi connectivity index (χ2n) is 4.68. The number of Topliss-reactive ketones (excluding diaryl/α,β-unsaturated/α-hetero) is 1. The van der Waals surface area contributed by atoms with E-state index in [9.17, 15) is 9.59 Å². The van der Waals surface area contributed by atoms with E-state index in [0.29, 0.717) is 31.3 Å². The van der Waals surface area contributed by atoms with E-state index in [4.69, 9.17) is 4.74 Å². The first kappa shape index (κ1) is 13.0. The zero-order chi connectivity index (χ0) is 13.2. The van der Waals surface area contributed by atoms with Gasteiger partial charge in [0.15, 0.2) is 0 Å². The lowest BCUT2D eigenvalue weighted by atomic mass is 9.82. The fourth-order valence-electron chi connectivity index (χ4n) is 2.13. The Labute approximate surface area is 110 Å². The van der Waals surface area contributed by atoms with Crippen molar-refractivity contribution in [1.29, 1.82) is 0 Å². The summed E-state index contributed by atoms with van der Waals surface area (Å²) in [5, 5.41) is 1.96. The van der Waals surface area contributed by atoms with Gasteiger partial charge in [0.25, 0.3) is 0 Å². The first-order valence-corrected chi connectivity index (χ1v) is 6.86. The normalized spacial score (nSPS) is 18.4. The molecule has 1 aliphatic carbocycles. The molecule has 2 rings (SSSR count). The molecule has 96 valence electrons. The highest BCUT2D eigenvalue weighted by atomic mass is 32.1. The summed E-state index contributed by atoms with van der Waals surface area (Å²) >= 11 is 1.57. The van der Waals surface area contributed by atoms with Crippen molar-refractivity contribution in [3.63, 3.8) is 0 Å². The molecule has 1 aliphatic rings. The Morgan fingerprint density at radius 1 is 1.44 bits per heavy atom. The third-order valence-corrected chi connectivity index (χ3v) is 4.28. The van der Waals surface area contributed by atoms with Crippen molar-refractivity contribution in [2.75, 3.05) is 0 Å². The van der Waals surface area contributed by atoms with E-state index in [1.807, 2.05) is 17.5 Å². The molecule has 1 saturated carbocycles. The van der Waals surface area contributed by atoms with Gasteiger partial charge in [-0.05, 0) is 31.2 Å². The molecule has 0 N–H and O–H groups in total. The lowest BCUT2D eigenvalue weighted by molar-refractivity contribution is -0.161. The van der Waals surface area contributed by atoms with Crippen LogP contribution >= 0.6 is 11.3 Å². The second kappa shape index (κ2) is 5.06. The van der Waals surface area contributed by atoms with E-state index in [1.54, 1.807) is 18.3 Å². The third-order valence-electron chi connectivity index (χ3n) is 3.22. The maximum atomic E-state index is 11.8. The molecule has 0 saturated heterocycles. The van der Waals surface area contributed by atoms with Gasteiger partial charge in [-0.15, -0.1) is 11.3 Å². The van der Waals surface area contributed by atoms with Crippen LogP contribution in [0.2, 0.25) is 0 Å². The Balaban J connectivity index is 2.26. The molecule has 0 spiro atoms. The molecule has 1 fully saturated rings. The van der Waals surface area contributed by atoms with E-state index in [2.05, 4.69) is 6.58 Å². The van der Waals surface area contributed by atoms with Crippen molar-refractivity contribution in [2.24, 2.45) is 0 Å². The molecular formula is C14H16O3S. The quantitative estimate of drug-likeness (QED) is 0.622. The van der Waals surface area contributed by atoms with Gasteiger partial charge in [-0.25, -0.2) is 4.79 Å². The molecule has 0 aliphatic heterocycles. The zero-order valence-electron chi connectivity index (χ0n) is 10.4. The van der Waals surface area contributed by atoms with Crippen LogP contribution in [0.25, 0.3) is 0 Å². The molecule has 0 unspecified atom stereocenters. The highest BCUT2D eigenvalue weighted by Gasteiger charge is 2.40. The summed E-state index contributed by atoms with van der Waals surface area (Å²) in [5.74, 6) is -0.133. The highest BCUT2D eigenvalue weighted by Crippen LogP contribution is 2.42. The Kier molecular flexibility index (Phi) is 3.66. The minimum Gasteiger partial charge on any atom is -0.450 e. The van der Waals surface area contributed by atoms with Crippen molar-refractivity contribution in [2.45, 2.75) is 38.2 Å². The van der Waals surface area contributed by atoms with Gasteiger partial charge in [0, 0.05) is 23.3 Å². The molecular weight excluding hydrogens is 248 g/mol. The summed E-state index contributed by atoms with van der Waals surface area (Å²) in [6.45, 7) is 5.25. The van der Waals surface area contributed by atoms with Crippen molar-refractivity contribution in [3.05, 3.63) is 34.5 Å². The summed E-state index contributed by atoms with van der Waals surface area (Å²) in [4.78, 5) is 24.2. The van der Waals surface area contributed by atoms with Gasteiger partial charge in [0.05, 0.1) is 0 Å². The predicted octanol–water partition coefficient (Wildman–Crippen LogP) is 3.21. The van der Waals surface area contributed by atoms with E-state index in [1.165, 1.54) is 0 Å². The molecule has 1 aromatic rings. The molecule has 4 heteroatoms. The monoisotopic (exact) mass is 264 g/mol. The van der Waals surface area contributed by atoms with Gasteiger partial charge in [-0.2, -0.15) is 0 Å². The molecule has 1 aromatic heterocycles. The van der Waals surface area contributed by atoms with Gasteiger partial charge in [-0.1, -0.05) is 12.6 Å². The molecule has 0 aromatic carbocycles. The number of ketones is 1. The average Bonchev–Trinajstić information content (AvgIpc) is 2.86. The summed E-state index contributed by atoms with van der Waals surface area (Å²) in [6.07, 6.45) is 2.10. The summed E-state index contributed by atoms with van der Waals surface area (Å²) < 4.78 is 5.65. The number of carbonyl (C=O) groups is 2. The molecule has 18 heavy (non-hydrogen) atoms. The predicted molar refractivity (Wildman–Crippen MR) is 70.4 cm³/mol. The smallest absolute Gasteiger partial charge is 0.334 e. The van der Waals surface area contributed by atoms with Gasteiger partial charge >= 0.3 is 5.97 Å². The SMILES string of the molecule is C=C(C)C(=O)OC1(c2cccs2)CCC(=O)CC1. The van der Waals surface area contributed by atoms with Crippen molar-refractivity contribution >= 4 is 23.1 Å². The van der Waals surface area contributed by atoms with Crippen LogP contribution in [0, 0.1) is 0 Å². The number of esters is 1. The standard InChI is InChI=1S/C14H16O3S/c1-10(2)13(16)17-14(12-4-3-9-18-12)7-5-11(15)6-8-14/h3-4,9H,1,5-8H2,2H3. The van der Waals surface area contributed by atoms with Crippen LogP contribution in [0.5, 0.6) is 0 Å². The maximum absolute atomic E-state index is 11.8. The number of rotatable bonds is 3. The van der Waals surface area contributed by atoms with Crippen molar-refractivity contribution in [3.8, 4) is 0 Å². The topological polar surface area (TPSA) is 43.4 Å². The number of thiophene rings is 1. The van der Waals surface area contributed by atoms with Crippen LogP contribution in [-0.2, 0) is 19.9 Å². The lowest BCUT2D eigenvalue weighted by Gasteiger charge is -2.35. The number of carbonyl (C=O) groups excluding carboxylic acids is 2. The van der Waals surface area contributed by atoms with E-state index < -0.39 is 5.60 Å². The first-order valence-electron chi connectivity index (χ1n) is 5.98. The third kappa shape index (κ3) is 2.53. The second-order valence-corrected chi connectivity index (χ2v) is 5.63. The van der Waals surface area contributed by atoms with E-state index in [0.717, 1.165) is 4.88 Å². The average molecular weight is 264 g/mol. The fraction of sp³-hybridized carbons (Fsp3) is 0.429. The first-order chi connectivity index (χ1) is 8.53. The summed E-state index contributed by atoms with van der Waals surface area (Å²) in [6, 6.07) is 3.90. The van der Waals surface area contributed by atoms with Gasteiger partial charge in [0.1, 0.15) is 11.4 Å². The summed E-state index contributed by atoms with van der Waals surface area (Å²) in [7, 11) is 0. The van der Waals surface area contributed by atoms with Crippen LogP contribution < -0.4 is 0 Å². The van der Waals surface area contributed by atoms with Crippen molar-refractivity contribution < 1.29 is 14.3 Å². The molecule has 3 nitrogen and oxygen atoms in total. The Hall–Kier alpha value is -1.42. The Morgan fingerprint density at radius 3 is 2.61 bits per heavy atom. The van der Waals surface area contributed by atoms with Crippen LogP contribution in [0.3, 0.4) is 0 Å².